The molecular weight excluding hydrogens is 280 g/mol. The number of thiocarbonyl (C=S) groups is 1. The third-order valence-electron chi connectivity index (χ3n) is 2.61. The summed E-state index contributed by atoms with van der Waals surface area (Å²) in [7, 11) is 0. The van der Waals surface area contributed by atoms with Crippen molar-refractivity contribution in [3.8, 4) is 0 Å². The smallest absolute Gasteiger partial charge is 0.304 e. The van der Waals surface area contributed by atoms with Crippen molar-refractivity contribution in [2.75, 3.05) is 5.32 Å². The Kier molecular flexibility index (Phi) is 3.96. The highest BCUT2D eigenvalue weighted by molar-refractivity contribution is 7.80. The molecule has 2 rings (SSSR count). The van der Waals surface area contributed by atoms with E-state index in [4.69, 9.17) is 18.0 Å². The van der Waals surface area contributed by atoms with Crippen LogP contribution in [0.25, 0.3) is 0 Å². The molecule has 0 aromatic carbocycles. The maximum atomic E-state index is 11.1. The van der Waals surface area contributed by atoms with Crippen LogP contribution in [-0.2, 0) is 6.54 Å². The van der Waals surface area contributed by atoms with Gasteiger partial charge < -0.3 is 16.0 Å². The van der Waals surface area contributed by atoms with E-state index in [0.717, 1.165) is 39.7 Å². The van der Waals surface area contributed by atoms with Gasteiger partial charge in [-0.15, -0.1) is 0 Å². The molecule has 0 fully saturated rings. The van der Waals surface area contributed by atoms with Gasteiger partial charge in [0.05, 0.1) is 12.1 Å². The Morgan fingerprint density at radius 2 is 2.32 bits per heavy atom. The lowest BCUT2D eigenvalue weighted by Crippen LogP contribution is -2.16. The van der Waals surface area contributed by atoms with Crippen LogP contribution < -0.4 is 15.9 Å². The van der Waals surface area contributed by atoms with Crippen LogP contribution in [0.2, 0.25) is 0 Å². The van der Waals surface area contributed by atoms with Crippen molar-refractivity contribution < 1.29 is 0 Å². The highest BCUT2D eigenvalue weighted by atomic mass is 32.1. The highest BCUT2D eigenvalue weighted by Crippen LogP contribution is 2.20. The van der Waals surface area contributed by atoms with Gasteiger partial charge in [0.15, 0.2) is 0 Å². The Balaban J connectivity index is 2.28. The molecule has 0 aliphatic carbocycles. The minimum absolute atomic E-state index is 0.0616. The van der Waals surface area contributed by atoms with Crippen molar-refractivity contribution in [1.82, 2.24) is 9.97 Å². The van der Waals surface area contributed by atoms with E-state index in [2.05, 4.69) is 15.3 Å². The van der Waals surface area contributed by atoms with E-state index in [0.29, 0.717) is 11.5 Å². The number of aromatic amines is 1. The zero-order chi connectivity index (χ0) is 14.0. The van der Waals surface area contributed by atoms with Gasteiger partial charge in [0, 0.05) is 28.1 Å². The van der Waals surface area contributed by atoms with Gasteiger partial charge in [-0.2, -0.15) is 0 Å². The monoisotopic (exact) mass is 294 g/mol. The fraction of sp³-hybridized carbons (Fsp3) is 0.250. The molecule has 0 saturated heterocycles. The van der Waals surface area contributed by atoms with Gasteiger partial charge in [-0.05, 0) is 19.9 Å². The van der Waals surface area contributed by atoms with E-state index in [1.54, 1.807) is 5.38 Å². The summed E-state index contributed by atoms with van der Waals surface area (Å²) in [6.45, 7) is 4.30. The number of pyridine rings is 1. The first-order valence-electron chi connectivity index (χ1n) is 5.66. The number of nitrogens with two attached hydrogens (primary N) is 1. The van der Waals surface area contributed by atoms with E-state index >= 15 is 0 Å². The Morgan fingerprint density at radius 3 is 2.89 bits per heavy atom. The molecule has 0 spiro atoms. The molecular formula is C12H14N4OS2. The zero-order valence-corrected chi connectivity index (χ0v) is 12.2. The molecule has 19 heavy (non-hydrogen) atoms. The van der Waals surface area contributed by atoms with Gasteiger partial charge in [-0.25, -0.2) is 0 Å². The predicted molar refractivity (Wildman–Crippen MR) is 81.9 cm³/mol. The largest absolute Gasteiger partial charge is 0.389 e. The number of rotatable bonds is 4. The molecule has 0 atom stereocenters. The number of H-pyrrole nitrogens is 1. The maximum absolute atomic E-state index is 11.1. The number of aryl methyl sites for hydroxylation is 2. The number of aromatic nitrogens is 2. The highest BCUT2D eigenvalue weighted by Gasteiger charge is 2.11. The fourth-order valence-corrected chi connectivity index (χ4v) is 2.71. The summed E-state index contributed by atoms with van der Waals surface area (Å²) in [5, 5.41) is 5.02. The minimum atomic E-state index is -0.0616. The summed E-state index contributed by atoms with van der Waals surface area (Å²) in [5.41, 5.74) is 9.84. The topological polar surface area (TPSA) is 83.8 Å². The third kappa shape index (κ3) is 3.18. The summed E-state index contributed by atoms with van der Waals surface area (Å²) < 4.78 is 0. The van der Waals surface area contributed by atoms with Crippen LogP contribution in [0.4, 0.5) is 5.69 Å². The molecule has 7 heteroatoms. The molecule has 0 amide bonds. The van der Waals surface area contributed by atoms with Gasteiger partial charge in [0.25, 0.3) is 0 Å². The molecule has 5 nitrogen and oxygen atoms in total. The molecule has 0 unspecified atom stereocenters. The molecule has 2 heterocycles. The summed E-state index contributed by atoms with van der Waals surface area (Å²) in [6.07, 6.45) is 0. The van der Waals surface area contributed by atoms with Crippen molar-refractivity contribution in [2.24, 2.45) is 5.73 Å². The standard InChI is InChI=1S/C12H14N4OS2/c1-6-3-9(10(11(13)18)7(2)15-6)14-4-8-5-19-12(17)16-8/h3,5H,4H2,1-2H3,(H2,13,18)(H,14,15)(H,16,17). The fourth-order valence-electron chi connectivity index (χ4n) is 1.87. The Morgan fingerprint density at radius 1 is 1.58 bits per heavy atom. The first-order chi connectivity index (χ1) is 8.97. The van der Waals surface area contributed by atoms with Crippen LogP contribution >= 0.6 is 23.6 Å². The van der Waals surface area contributed by atoms with E-state index < -0.39 is 0 Å². The van der Waals surface area contributed by atoms with Gasteiger partial charge in [-0.3, -0.25) is 9.78 Å². The van der Waals surface area contributed by atoms with Crippen LogP contribution in [0, 0.1) is 13.8 Å². The maximum Gasteiger partial charge on any atom is 0.304 e. The lowest BCUT2D eigenvalue weighted by atomic mass is 10.1. The number of hydrogen-bond acceptors (Lipinski definition) is 5. The molecule has 0 saturated carbocycles. The molecule has 0 bridgehead atoms. The summed E-state index contributed by atoms with van der Waals surface area (Å²) >= 11 is 6.20. The second kappa shape index (κ2) is 5.50. The number of hydrogen-bond donors (Lipinski definition) is 3. The number of thiazole rings is 1. The Bertz CT molecular complexity index is 675. The quantitative estimate of drug-likeness (QED) is 0.747. The van der Waals surface area contributed by atoms with Crippen LogP contribution in [0.5, 0.6) is 0 Å². The zero-order valence-electron chi connectivity index (χ0n) is 10.6. The molecule has 2 aromatic heterocycles. The second-order valence-electron chi connectivity index (χ2n) is 4.16. The van der Waals surface area contributed by atoms with E-state index in [1.807, 2.05) is 19.9 Å². The van der Waals surface area contributed by atoms with Crippen molar-refractivity contribution in [3.05, 3.63) is 43.8 Å². The third-order valence-corrected chi connectivity index (χ3v) is 3.54. The molecule has 4 N–H and O–H groups in total. The molecule has 0 aliphatic heterocycles. The van der Waals surface area contributed by atoms with Gasteiger partial charge in [0.2, 0.25) is 0 Å². The lowest BCUT2D eigenvalue weighted by Gasteiger charge is -2.13. The van der Waals surface area contributed by atoms with Crippen molar-refractivity contribution >= 4 is 34.2 Å². The molecule has 0 aliphatic rings. The van der Waals surface area contributed by atoms with Crippen LogP contribution in [0.15, 0.2) is 16.2 Å². The molecule has 100 valence electrons. The average molecular weight is 294 g/mol. The van der Waals surface area contributed by atoms with E-state index in [9.17, 15) is 4.79 Å². The Hall–Kier alpha value is -1.73. The molecule has 0 radical (unpaired) electrons. The minimum Gasteiger partial charge on any atom is -0.389 e. The number of anilines is 1. The SMILES string of the molecule is Cc1cc(NCc2csc(=O)[nH]2)c(C(N)=S)c(C)n1. The first kappa shape index (κ1) is 13.7. The summed E-state index contributed by atoms with van der Waals surface area (Å²) in [4.78, 5) is 18.4. The van der Waals surface area contributed by atoms with Crippen LogP contribution in [0.3, 0.4) is 0 Å². The normalized spacial score (nSPS) is 10.4. The summed E-state index contributed by atoms with van der Waals surface area (Å²) in [5.74, 6) is 0. The van der Waals surface area contributed by atoms with Crippen molar-refractivity contribution in [3.63, 3.8) is 0 Å². The summed E-state index contributed by atoms with van der Waals surface area (Å²) in [6, 6.07) is 1.89. The van der Waals surface area contributed by atoms with Crippen LogP contribution in [-0.4, -0.2) is 15.0 Å². The number of nitrogens with zero attached hydrogens (tertiary/aromatic N) is 1. The Labute approximate surface area is 119 Å². The second-order valence-corrected chi connectivity index (χ2v) is 5.44. The number of nitrogens with one attached hydrogen (secondary N) is 2. The first-order valence-corrected chi connectivity index (χ1v) is 6.94. The van der Waals surface area contributed by atoms with Crippen molar-refractivity contribution in [1.29, 1.82) is 0 Å². The van der Waals surface area contributed by atoms with Crippen LogP contribution in [0.1, 0.15) is 22.6 Å². The average Bonchev–Trinajstić information content (AvgIpc) is 2.71. The van der Waals surface area contributed by atoms with Crippen molar-refractivity contribution in [2.45, 2.75) is 20.4 Å². The van der Waals surface area contributed by atoms with E-state index in [-0.39, 0.29) is 4.87 Å². The van der Waals surface area contributed by atoms with Gasteiger partial charge in [0.1, 0.15) is 4.99 Å². The lowest BCUT2D eigenvalue weighted by molar-refractivity contribution is 1.04. The molecule has 2 aromatic rings. The predicted octanol–water partition coefficient (Wildman–Crippen LogP) is 1.69. The van der Waals surface area contributed by atoms with E-state index in [1.165, 1.54) is 0 Å². The van der Waals surface area contributed by atoms with Gasteiger partial charge >= 0.3 is 4.87 Å². The van der Waals surface area contributed by atoms with Gasteiger partial charge in [-0.1, -0.05) is 23.6 Å².